The average molecular weight is 173 g/mol. The molecule has 0 saturated carbocycles. The Morgan fingerprint density at radius 3 is 2.69 bits per heavy atom. The van der Waals surface area contributed by atoms with Crippen molar-refractivity contribution in [3.63, 3.8) is 0 Å². The molecular weight excluding hydrogens is 158 g/mol. The number of aromatic amines is 1. The maximum Gasteiger partial charge on any atom is 0.0483 e. The molecule has 0 aliphatic rings. The average Bonchev–Trinajstić information content (AvgIpc) is 2.51. The van der Waals surface area contributed by atoms with Crippen LogP contribution in [0.3, 0.4) is 0 Å². The van der Waals surface area contributed by atoms with Crippen LogP contribution in [-0.4, -0.2) is 4.98 Å². The number of benzene rings is 1. The van der Waals surface area contributed by atoms with Crippen LogP contribution in [0.1, 0.15) is 30.9 Å². The molecule has 1 aromatic heterocycles. The number of aromatic nitrogens is 1. The molecule has 0 amide bonds. The van der Waals surface area contributed by atoms with Gasteiger partial charge in [-0.15, -0.1) is 0 Å². The van der Waals surface area contributed by atoms with E-state index in [4.69, 9.17) is 0 Å². The van der Waals surface area contributed by atoms with Crippen LogP contribution in [0.5, 0.6) is 0 Å². The Labute approximate surface area is 78.8 Å². The number of hydrogen-bond donors (Lipinski definition) is 1. The van der Waals surface area contributed by atoms with Crippen molar-refractivity contribution in [2.24, 2.45) is 0 Å². The lowest BCUT2D eigenvalue weighted by molar-refractivity contribution is 0.867. The molecule has 68 valence electrons. The molecule has 1 nitrogen and oxygen atoms in total. The smallest absolute Gasteiger partial charge is 0.0483 e. The second-order valence-corrected chi connectivity index (χ2v) is 3.93. The van der Waals surface area contributed by atoms with E-state index in [0.29, 0.717) is 5.92 Å². The van der Waals surface area contributed by atoms with Gasteiger partial charge >= 0.3 is 0 Å². The quantitative estimate of drug-likeness (QED) is 0.678. The topological polar surface area (TPSA) is 15.8 Å². The molecule has 1 aromatic carbocycles. The van der Waals surface area contributed by atoms with Crippen molar-refractivity contribution in [1.82, 2.24) is 4.98 Å². The molecule has 1 N–H and O–H groups in total. The van der Waals surface area contributed by atoms with Gasteiger partial charge in [0.2, 0.25) is 0 Å². The molecule has 0 spiro atoms. The van der Waals surface area contributed by atoms with Crippen LogP contribution in [0.15, 0.2) is 24.4 Å². The summed E-state index contributed by atoms with van der Waals surface area (Å²) in [7, 11) is 0. The van der Waals surface area contributed by atoms with Crippen molar-refractivity contribution in [2.75, 3.05) is 0 Å². The molecule has 0 unspecified atom stereocenters. The Balaban J connectivity index is 2.70. The zero-order valence-corrected chi connectivity index (χ0v) is 8.39. The molecule has 0 bridgehead atoms. The lowest BCUT2D eigenvalue weighted by Crippen LogP contribution is -1.88. The zero-order chi connectivity index (χ0) is 9.42. The van der Waals surface area contributed by atoms with Crippen molar-refractivity contribution in [1.29, 1.82) is 0 Å². The van der Waals surface area contributed by atoms with Crippen molar-refractivity contribution in [3.05, 3.63) is 35.5 Å². The predicted molar refractivity (Wildman–Crippen MR) is 57.1 cm³/mol. The summed E-state index contributed by atoms with van der Waals surface area (Å²) in [6.45, 7) is 6.62. The Morgan fingerprint density at radius 1 is 1.23 bits per heavy atom. The van der Waals surface area contributed by atoms with Crippen LogP contribution < -0.4 is 0 Å². The standard InChI is InChI=1S/C12H15N/c1-8(2)11-6-9(3)12-10(7-11)4-5-13-12/h4-8,13H,1-3H3. The summed E-state index contributed by atoms with van der Waals surface area (Å²) in [6.07, 6.45) is 2.00. The molecule has 13 heavy (non-hydrogen) atoms. The Bertz CT molecular complexity index is 424. The molecule has 0 aliphatic carbocycles. The Hall–Kier alpha value is -1.24. The molecule has 0 aliphatic heterocycles. The van der Waals surface area contributed by atoms with Crippen LogP contribution in [0, 0.1) is 6.92 Å². The third kappa shape index (κ3) is 1.35. The fourth-order valence-corrected chi connectivity index (χ4v) is 1.72. The summed E-state index contributed by atoms with van der Waals surface area (Å²) in [5, 5.41) is 1.32. The molecule has 2 aromatic rings. The molecule has 0 radical (unpaired) electrons. The lowest BCUT2D eigenvalue weighted by Gasteiger charge is -2.07. The number of aryl methyl sites for hydroxylation is 1. The predicted octanol–water partition coefficient (Wildman–Crippen LogP) is 3.60. The normalized spacial score (nSPS) is 11.4. The van der Waals surface area contributed by atoms with Gasteiger partial charge in [0.1, 0.15) is 0 Å². The van der Waals surface area contributed by atoms with Crippen molar-refractivity contribution in [2.45, 2.75) is 26.7 Å². The first-order chi connectivity index (χ1) is 6.18. The summed E-state index contributed by atoms with van der Waals surface area (Å²) in [4.78, 5) is 3.25. The Kier molecular flexibility index (Phi) is 1.87. The van der Waals surface area contributed by atoms with Gasteiger partial charge < -0.3 is 4.98 Å². The van der Waals surface area contributed by atoms with Crippen LogP contribution in [-0.2, 0) is 0 Å². The first kappa shape index (κ1) is 8.36. The van der Waals surface area contributed by atoms with E-state index in [9.17, 15) is 0 Å². The van der Waals surface area contributed by atoms with E-state index < -0.39 is 0 Å². The van der Waals surface area contributed by atoms with E-state index >= 15 is 0 Å². The van der Waals surface area contributed by atoms with E-state index in [1.165, 1.54) is 22.0 Å². The van der Waals surface area contributed by atoms with Gasteiger partial charge in [-0.2, -0.15) is 0 Å². The molecule has 0 atom stereocenters. The van der Waals surface area contributed by atoms with Gasteiger partial charge in [0.25, 0.3) is 0 Å². The third-order valence-electron chi connectivity index (χ3n) is 2.55. The largest absolute Gasteiger partial charge is 0.361 e. The van der Waals surface area contributed by atoms with E-state index in [1.807, 2.05) is 6.20 Å². The molecule has 0 fully saturated rings. The van der Waals surface area contributed by atoms with Crippen molar-refractivity contribution in [3.8, 4) is 0 Å². The highest BCUT2D eigenvalue weighted by Crippen LogP contribution is 2.23. The van der Waals surface area contributed by atoms with Gasteiger partial charge in [0.15, 0.2) is 0 Å². The molecule has 1 heterocycles. The SMILES string of the molecule is Cc1cc(C(C)C)cc2cc[nH]c12. The van der Waals surface area contributed by atoms with Crippen LogP contribution >= 0.6 is 0 Å². The van der Waals surface area contributed by atoms with Gasteiger partial charge in [-0.25, -0.2) is 0 Å². The zero-order valence-electron chi connectivity index (χ0n) is 8.39. The number of rotatable bonds is 1. The number of nitrogens with one attached hydrogen (secondary N) is 1. The van der Waals surface area contributed by atoms with Crippen LogP contribution in [0.25, 0.3) is 10.9 Å². The van der Waals surface area contributed by atoms with Gasteiger partial charge in [0, 0.05) is 11.7 Å². The summed E-state index contributed by atoms with van der Waals surface area (Å²) in [6, 6.07) is 6.67. The van der Waals surface area contributed by atoms with E-state index in [-0.39, 0.29) is 0 Å². The Morgan fingerprint density at radius 2 is 2.00 bits per heavy atom. The molecular formula is C12H15N. The second-order valence-electron chi connectivity index (χ2n) is 3.93. The minimum Gasteiger partial charge on any atom is -0.361 e. The van der Waals surface area contributed by atoms with Crippen LogP contribution in [0.4, 0.5) is 0 Å². The highest BCUT2D eigenvalue weighted by molar-refractivity contribution is 5.83. The van der Waals surface area contributed by atoms with Gasteiger partial charge in [-0.1, -0.05) is 19.9 Å². The minimum atomic E-state index is 0.609. The number of H-pyrrole nitrogens is 1. The maximum atomic E-state index is 3.25. The van der Waals surface area contributed by atoms with Crippen molar-refractivity contribution < 1.29 is 0 Å². The summed E-state index contributed by atoms with van der Waals surface area (Å²) >= 11 is 0. The first-order valence-corrected chi connectivity index (χ1v) is 4.76. The first-order valence-electron chi connectivity index (χ1n) is 4.76. The molecule has 1 heteroatoms. The number of hydrogen-bond acceptors (Lipinski definition) is 0. The highest BCUT2D eigenvalue weighted by Gasteiger charge is 2.03. The lowest BCUT2D eigenvalue weighted by atomic mass is 9.99. The number of fused-ring (bicyclic) bond motifs is 1. The van der Waals surface area contributed by atoms with E-state index in [2.05, 4.69) is 44.0 Å². The van der Waals surface area contributed by atoms with Gasteiger partial charge in [0.05, 0.1) is 0 Å². The van der Waals surface area contributed by atoms with E-state index in [0.717, 1.165) is 0 Å². The second kappa shape index (κ2) is 2.91. The molecule has 2 rings (SSSR count). The van der Waals surface area contributed by atoms with Gasteiger partial charge in [-0.3, -0.25) is 0 Å². The highest BCUT2D eigenvalue weighted by atomic mass is 14.7. The summed E-state index contributed by atoms with van der Waals surface area (Å²) in [5.74, 6) is 0.609. The summed E-state index contributed by atoms with van der Waals surface area (Å²) < 4.78 is 0. The third-order valence-corrected chi connectivity index (χ3v) is 2.55. The monoisotopic (exact) mass is 173 g/mol. The minimum absolute atomic E-state index is 0.609. The fourth-order valence-electron chi connectivity index (χ4n) is 1.72. The maximum absolute atomic E-state index is 3.25. The van der Waals surface area contributed by atoms with Crippen molar-refractivity contribution >= 4 is 10.9 Å². The van der Waals surface area contributed by atoms with E-state index in [1.54, 1.807) is 0 Å². The molecule has 0 saturated heterocycles. The fraction of sp³-hybridized carbons (Fsp3) is 0.333. The van der Waals surface area contributed by atoms with Gasteiger partial charge in [-0.05, 0) is 41.5 Å². The summed E-state index contributed by atoms with van der Waals surface area (Å²) in [5.41, 5.74) is 4.03. The van der Waals surface area contributed by atoms with Crippen LogP contribution in [0.2, 0.25) is 0 Å².